The third-order valence-electron chi connectivity index (χ3n) is 4.28. The lowest BCUT2D eigenvalue weighted by atomic mass is 9.98. The summed E-state index contributed by atoms with van der Waals surface area (Å²) in [4.78, 5) is 11.7. The average Bonchev–Trinajstić information content (AvgIpc) is 2.72. The molecule has 0 atom stereocenters. The van der Waals surface area contributed by atoms with Crippen LogP contribution in [0, 0.1) is 12.7 Å². The molecule has 0 fully saturated rings. The summed E-state index contributed by atoms with van der Waals surface area (Å²) in [5.74, 6) is 0.0538. The van der Waals surface area contributed by atoms with Gasteiger partial charge in [-0.25, -0.2) is 9.18 Å². The van der Waals surface area contributed by atoms with Crippen LogP contribution in [0.5, 0.6) is 5.75 Å². The lowest BCUT2D eigenvalue weighted by molar-refractivity contribution is -0.139. The standard InChI is InChI=1S/C24H21FO3S/c1-17-15-21(11-12-23(17)28-16-24(26)27)29-14-13-22(18-5-3-2-4-6-18)19-7-9-20(25)10-8-19/h2-13,15H,14,16H2,1H3,(H,26,27)/b22-13-. The molecular formula is C24H21FO3S. The van der Waals surface area contributed by atoms with E-state index >= 15 is 0 Å². The van der Waals surface area contributed by atoms with Gasteiger partial charge in [-0.15, -0.1) is 11.8 Å². The second-order valence-corrected chi connectivity index (χ2v) is 7.50. The van der Waals surface area contributed by atoms with Crippen LogP contribution in [0.1, 0.15) is 16.7 Å². The van der Waals surface area contributed by atoms with Gasteiger partial charge in [0.2, 0.25) is 0 Å². The fourth-order valence-corrected chi connectivity index (χ4v) is 3.75. The van der Waals surface area contributed by atoms with Crippen LogP contribution in [0.2, 0.25) is 0 Å². The lowest BCUT2D eigenvalue weighted by Gasteiger charge is -2.10. The fraction of sp³-hybridized carbons (Fsp3) is 0.125. The van der Waals surface area contributed by atoms with E-state index in [0.717, 1.165) is 32.9 Å². The molecule has 0 saturated carbocycles. The summed E-state index contributed by atoms with van der Waals surface area (Å²) in [7, 11) is 0. The van der Waals surface area contributed by atoms with Crippen molar-refractivity contribution in [2.45, 2.75) is 11.8 Å². The smallest absolute Gasteiger partial charge is 0.341 e. The summed E-state index contributed by atoms with van der Waals surface area (Å²) in [5, 5.41) is 8.74. The van der Waals surface area contributed by atoms with Crippen molar-refractivity contribution in [3.8, 4) is 5.75 Å². The number of aliphatic carboxylic acids is 1. The predicted molar refractivity (Wildman–Crippen MR) is 115 cm³/mol. The number of benzene rings is 3. The Morgan fingerprint density at radius 2 is 1.72 bits per heavy atom. The van der Waals surface area contributed by atoms with Gasteiger partial charge in [0.25, 0.3) is 0 Å². The van der Waals surface area contributed by atoms with E-state index in [-0.39, 0.29) is 12.4 Å². The van der Waals surface area contributed by atoms with E-state index in [1.807, 2.05) is 49.4 Å². The van der Waals surface area contributed by atoms with Crippen LogP contribution in [-0.4, -0.2) is 23.4 Å². The highest BCUT2D eigenvalue weighted by Crippen LogP contribution is 2.28. The topological polar surface area (TPSA) is 46.5 Å². The first-order valence-corrected chi connectivity index (χ1v) is 10.1. The minimum atomic E-state index is -0.998. The van der Waals surface area contributed by atoms with E-state index in [2.05, 4.69) is 6.08 Å². The highest BCUT2D eigenvalue weighted by molar-refractivity contribution is 7.99. The molecule has 0 heterocycles. The van der Waals surface area contributed by atoms with Gasteiger partial charge >= 0.3 is 5.97 Å². The Hall–Kier alpha value is -3.05. The minimum Gasteiger partial charge on any atom is -0.482 e. The van der Waals surface area contributed by atoms with Crippen molar-refractivity contribution in [3.05, 3.63) is 101 Å². The first-order valence-electron chi connectivity index (χ1n) is 9.12. The number of hydrogen-bond acceptors (Lipinski definition) is 3. The maximum absolute atomic E-state index is 13.3. The van der Waals surface area contributed by atoms with Crippen molar-refractivity contribution >= 4 is 23.3 Å². The normalized spacial score (nSPS) is 11.3. The van der Waals surface area contributed by atoms with E-state index in [0.29, 0.717) is 5.75 Å². The SMILES string of the molecule is Cc1cc(SC/C=C(/c2ccccc2)c2ccc(F)cc2)ccc1OCC(=O)O. The van der Waals surface area contributed by atoms with E-state index in [1.54, 1.807) is 30.0 Å². The number of ether oxygens (including phenoxy) is 1. The van der Waals surface area contributed by atoms with Crippen LogP contribution in [0.3, 0.4) is 0 Å². The van der Waals surface area contributed by atoms with E-state index in [9.17, 15) is 9.18 Å². The molecule has 0 amide bonds. The number of hydrogen-bond donors (Lipinski definition) is 1. The lowest BCUT2D eigenvalue weighted by Crippen LogP contribution is -2.09. The average molecular weight is 408 g/mol. The molecule has 3 nitrogen and oxygen atoms in total. The minimum absolute atomic E-state index is 0.254. The molecule has 1 N–H and O–H groups in total. The van der Waals surface area contributed by atoms with Crippen LogP contribution in [0.4, 0.5) is 4.39 Å². The zero-order valence-electron chi connectivity index (χ0n) is 16.0. The van der Waals surface area contributed by atoms with Gasteiger partial charge in [-0.2, -0.15) is 0 Å². The molecule has 3 aromatic rings. The molecule has 0 unspecified atom stereocenters. The number of halogens is 1. The first-order chi connectivity index (χ1) is 14.0. The molecule has 0 saturated heterocycles. The largest absolute Gasteiger partial charge is 0.482 e. The van der Waals surface area contributed by atoms with Crippen molar-refractivity contribution in [3.63, 3.8) is 0 Å². The molecule has 148 valence electrons. The van der Waals surface area contributed by atoms with Gasteiger partial charge in [0, 0.05) is 10.6 Å². The molecule has 29 heavy (non-hydrogen) atoms. The highest BCUT2D eigenvalue weighted by atomic mass is 32.2. The van der Waals surface area contributed by atoms with E-state index in [4.69, 9.17) is 9.84 Å². The van der Waals surface area contributed by atoms with E-state index in [1.165, 1.54) is 12.1 Å². The van der Waals surface area contributed by atoms with Crippen molar-refractivity contribution in [1.82, 2.24) is 0 Å². The third-order valence-corrected chi connectivity index (χ3v) is 5.20. The van der Waals surface area contributed by atoms with Crippen LogP contribution in [0.25, 0.3) is 5.57 Å². The molecule has 0 bridgehead atoms. The molecule has 0 aliphatic carbocycles. The van der Waals surface area contributed by atoms with Crippen molar-refractivity contribution in [1.29, 1.82) is 0 Å². The van der Waals surface area contributed by atoms with E-state index < -0.39 is 5.97 Å². The Labute approximate surface area is 173 Å². The number of thioether (sulfide) groups is 1. The Morgan fingerprint density at radius 3 is 2.38 bits per heavy atom. The third kappa shape index (κ3) is 5.96. The van der Waals surface area contributed by atoms with Gasteiger partial charge in [-0.05, 0) is 59.5 Å². The Bertz CT molecular complexity index is 998. The van der Waals surface area contributed by atoms with Gasteiger partial charge in [-0.3, -0.25) is 0 Å². The number of carboxylic acids is 1. The van der Waals surface area contributed by atoms with Gasteiger partial charge in [-0.1, -0.05) is 48.5 Å². The molecule has 0 aliphatic rings. The Balaban J connectivity index is 1.75. The van der Waals surface area contributed by atoms with Crippen LogP contribution < -0.4 is 4.74 Å². The number of rotatable bonds is 8. The molecule has 0 aromatic heterocycles. The van der Waals surface area contributed by atoms with Gasteiger partial charge in [0.05, 0.1) is 0 Å². The molecule has 3 aromatic carbocycles. The van der Waals surface area contributed by atoms with Crippen molar-refractivity contribution < 1.29 is 19.0 Å². The second kappa shape index (κ2) is 9.94. The molecule has 3 rings (SSSR count). The summed E-state index contributed by atoms with van der Waals surface area (Å²) in [6.07, 6.45) is 2.14. The summed E-state index contributed by atoms with van der Waals surface area (Å²) in [5.41, 5.74) is 3.98. The quantitative estimate of drug-likeness (QED) is 0.477. The van der Waals surface area contributed by atoms with Crippen molar-refractivity contribution in [2.24, 2.45) is 0 Å². The summed E-state index contributed by atoms with van der Waals surface area (Å²) in [6.45, 7) is 1.54. The van der Waals surface area contributed by atoms with Gasteiger partial charge in [0.1, 0.15) is 11.6 Å². The predicted octanol–water partition coefficient (Wildman–Crippen LogP) is 5.82. The van der Waals surface area contributed by atoms with Crippen LogP contribution >= 0.6 is 11.8 Å². The molecular weight excluding hydrogens is 387 g/mol. The Morgan fingerprint density at radius 1 is 1.03 bits per heavy atom. The maximum Gasteiger partial charge on any atom is 0.341 e. The number of carboxylic acid groups (broad SMARTS) is 1. The zero-order chi connectivity index (χ0) is 20.6. The van der Waals surface area contributed by atoms with Gasteiger partial charge < -0.3 is 9.84 Å². The summed E-state index contributed by atoms with van der Waals surface area (Å²) < 4.78 is 18.6. The van der Waals surface area contributed by atoms with Crippen molar-refractivity contribution in [2.75, 3.05) is 12.4 Å². The monoisotopic (exact) mass is 408 g/mol. The van der Waals surface area contributed by atoms with Gasteiger partial charge in [0.15, 0.2) is 6.61 Å². The molecule has 0 aliphatic heterocycles. The van der Waals surface area contributed by atoms with Crippen LogP contribution in [0.15, 0.2) is 83.8 Å². The summed E-state index contributed by atoms with van der Waals surface area (Å²) >= 11 is 1.67. The molecule has 0 spiro atoms. The number of carbonyl (C=O) groups is 1. The second-order valence-electron chi connectivity index (χ2n) is 6.41. The maximum atomic E-state index is 13.3. The fourth-order valence-electron chi connectivity index (χ4n) is 2.88. The first kappa shape index (κ1) is 20.7. The highest BCUT2D eigenvalue weighted by Gasteiger charge is 2.07. The van der Waals surface area contributed by atoms with Crippen LogP contribution in [-0.2, 0) is 4.79 Å². The number of aryl methyl sites for hydroxylation is 1. The Kier molecular flexibility index (Phi) is 7.09. The molecule has 0 radical (unpaired) electrons. The zero-order valence-corrected chi connectivity index (χ0v) is 16.8. The molecule has 5 heteroatoms. The summed E-state index contributed by atoms with van der Waals surface area (Å²) in [6, 6.07) is 22.2.